The Hall–Kier alpha value is -1.88. The Labute approximate surface area is 133 Å². The van der Waals surface area contributed by atoms with Gasteiger partial charge in [-0.3, -0.25) is 4.79 Å². The van der Waals surface area contributed by atoms with Crippen LogP contribution in [0.3, 0.4) is 0 Å². The van der Waals surface area contributed by atoms with Gasteiger partial charge in [-0.1, -0.05) is 6.07 Å². The number of ketones is 1. The summed E-state index contributed by atoms with van der Waals surface area (Å²) in [6.45, 7) is 4.00. The zero-order chi connectivity index (χ0) is 15.7. The molecule has 1 aliphatic heterocycles. The highest BCUT2D eigenvalue weighted by molar-refractivity contribution is 7.10. The third kappa shape index (κ3) is 2.50. The van der Waals surface area contributed by atoms with E-state index in [1.807, 2.05) is 24.4 Å². The van der Waals surface area contributed by atoms with E-state index in [1.54, 1.807) is 18.3 Å². The fourth-order valence-electron chi connectivity index (χ4n) is 3.20. The van der Waals surface area contributed by atoms with E-state index in [9.17, 15) is 9.59 Å². The van der Waals surface area contributed by atoms with Crippen molar-refractivity contribution in [2.24, 2.45) is 0 Å². The van der Waals surface area contributed by atoms with Gasteiger partial charge in [-0.2, -0.15) is 0 Å². The van der Waals surface area contributed by atoms with Crippen molar-refractivity contribution in [1.82, 2.24) is 5.32 Å². The molecular weight excluding hydrogens is 298 g/mol. The minimum Gasteiger partial charge on any atom is -0.463 e. The monoisotopic (exact) mass is 317 g/mol. The molecule has 0 radical (unpaired) electrons. The van der Waals surface area contributed by atoms with Crippen LogP contribution in [-0.2, 0) is 14.3 Å². The third-order valence-corrected chi connectivity index (χ3v) is 5.04. The first kappa shape index (κ1) is 15.0. The van der Waals surface area contributed by atoms with Crippen LogP contribution in [0.1, 0.15) is 43.9 Å². The zero-order valence-corrected chi connectivity index (χ0v) is 13.6. The maximum Gasteiger partial charge on any atom is 0.336 e. The maximum absolute atomic E-state index is 12.5. The third-order valence-electron chi connectivity index (χ3n) is 4.10. The molecule has 5 heteroatoms. The summed E-state index contributed by atoms with van der Waals surface area (Å²) in [5.74, 6) is -0.486. The zero-order valence-electron chi connectivity index (χ0n) is 12.8. The first-order valence-electron chi connectivity index (χ1n) is 7.58. The van der Waals surface area contributed by atoms with Crippen LogP contribution in [0.25, 0.3) is 0 Å². The first-order valence-corrected chi connectivity index (χ1v) is 8.46. The van der Waals surface area contributed by atoms with Gasteiger partial charge in [0.2, 0.25) is 0 Å². The molecule has 1 aliphatic carbocycles. The molecular formula is C17H19NO3S. The molecule has 0 aromatic carbocycles. The van der Waals surface area contributed by atoms with Crippen molar-refractivity contribution < 1.29 is 14.3 Å². The van der Waals surface area contributed by atoms with E-state index in [4.69, 9.17) is 4.74 Å². The lowest BCUT2D eigenvalue weighted by Gasteiger charge is -2.33. The van der Waals surface area contributed by atoms with E-state index in [-0.39, 0.29) is 17.7 Å². The van der Waals surface area contributed by atoms with Crippen LogP contribution in [0.4, 0.5) is 0 Å². The summed E-state index contributed by atoms with van der Waals surface area (Å²) in [5, 5.41) is 5.25. The number of dihydropyridines is 1. The number of allylic oxidation sites excluding steroid dienone is 3. The number of hydrogen-bond acceptors (Lipinski definition) is 5. The molecule has 1 aromatic heterocycles. The van der Waals surface area contributed by atoms with Crippen molar-refractivity contribution in [3.8, 4) is 0 Å². The Morgan fingerprint density at radius 3 is 2.95 bits per heavy atom. The predicted octanol–water partition coefficient (Wildman–Crippen LogP) is 3.28. The van der Waals surface area contributed by atoms with Gasteiger partial charge in [0.15, 0.2) is 5.78 Å². The van der Waals surface area contributed by atoms with Crippen molar-refractivity contribution in [2.45, 2.75) is 39.0 Å². The van der Waals surface area contributed by atoms with E-state index in [1.165, 1.54) is 0 Å². The number of hydrogen-bond donors (Lipinski definition) is 1. The van der Waals surface area contributed by atoms with E-state index in [0.717, 1.165) is 34.7 Å². The highest BCUT2D eigenvalue weighted by Crippen LogP contribution is 2.43. The van der Waals surface area contributed by atoms with Gasteiger partial charge in [0.25, 0.3) is 0 Å². The second-order valence-electron chi connectivity index (χ2n) is 5.50. The average Bonchev–Trinajstić information content (AvgIpc) is 3.00. The maximum atomic E-state index is 12.5. The Kier molecular flexibility index (Phi) is 4.16. The van der Waals surface area contributed by atoms with Crippen LogP contribution < -0.4 is 5.32 Å². The fourth-order valence-corrected chi connectivity index (χ4v) is 4.05. The van der Waals surface area contributed by atoms with Crippen LogP contribution in [-0.4, -0.2) is 18.4 Å². The minimum atomic E-state index is -0.337. The minimum absolute atomic E-state index is 0.140. The van der Waals surface area contributed by atoms with Gasteiger partial charge in [0.05, 0.1) is 18.1 Å². The summed E-state index contributed by atoms with van der Waals surface area (Å²) >= 11 is 1.57. The molecule has 2 aliphatic rings. The highest BCUT2D eigenvalue weighted by Gasteiger charge is 2.39. The topological polar surface area (TPSA) is 55.4 Å². The number of carbonyl (C=O) groups is 2. The van der Waals surface area contributed by atoms with Crippen molar-refractivity contribution in [1.29, 1.82) is 0 Å². The molecule has 2 heterocycles. The van der Waals surface area contributed by atoms with Crippen LogP contribution in [0.2, 0.25) is 0 Å². The Morgan fingerprint density at radius 2 is 2.27 bits per heavy atom. The van der Waals surface area contributed by atoms with Crippen LogP contribution >= 0.6 is 11.3 Å². The number of ether oxygens (including phenoxy) is 1. The Morgan fingerprint density at radius 1 is 1.45 bits per heavy atom. The number of esters is 1. The van der Waals surface area contributed by atoms with Gasteiger partial charge in [-0.05, 0) is 38.1 Å². The molecule has 1 unspecified atom stereocenters. The molecule has 1 atom stereocenters. The highest BCUT2D eigenvalue weighted by atomic mass is 32.1. The van der Waals surface area contributed by atoms with Gasteiger partial charge in [0.1, 0.15) is 0 Å². The van der Waals surface area contributed by atoms with Crippen LogP contribution in [0.5, 0.6) is 0 Å². The SMILES string of the molecule is CCOC(=O)C1=C(C)NC2=C(C(=O)CCC2)C1c1cccs1. The summed E-state index contributed by atoms with van der Waals surface area (Å²) in [6, 6.07) is 3.94. The molecule has 0 spiro atoms. The van der Waals surface area contributed by atoms with Crippen molar-refractivity contribution >= 4 is 23.1 Å². The van der Waals surface area contributed by atoms with E-state index >= 15 is 0 Å². The normalized spacial score (nSPS) is 21.5. The molecule has 3 rings (SSSR count). The number of nitrogens with one attached hydrogen (secondary N) is 1. The van der Waals surface area contributed by atoms with Crippen LogP contribution in [0.15, 0.2) is 40.1 Å². The standard InChI is InChI=1S/C17H19NO3S/c1-3-21-17(20)14-10(2)18-11-6-4-7-12(19)15(11)16(14)13-8-5-9-22-13/h5,8-9,16,18H,3-4,6-7H2,1-2H3. The molecule has 1 N–H and O–H groups in total. The first-order chi connectivity index (χ1) is 10.6. The quantitative estimate of drug-likeness (QED) is 0.869. The average molecular weight is 317 g/mol. The summed E-state index contributed by atoms with van der Waals surface area (Å²) in [7, 11) is 0. The molecule has 0 saturated heterocycles. The lowest BCUT2D eigenvalue weighted by atomic mass is 9.78. The second-order valence-corrected chi connectivity index (χ2v) is 6.48. The summed E-state index contributed by atoms with van der Waals surface area (Å²) in [5.41, 5.74) is 3.09. The van der Waals surface area contributed by atoms with E-state index < -0.39 is 0 Å². The summed E-state index contributed by atoms with van der Waals surface area (Å²) < 4.78 is 5.23. The van der Waals surface area contributed by atoms with E-state index in [2.05, 4.69) is 5.32 Å². The molecule has 116 valence electrons. The van der Waals surface area contributed by atoms with Crippen molar-refractivity contribution in [3.05, 3.63) is 44.9 Å². The lowest BCUT2D eigenvalue weighted by Crippen LogP contribution is -2.34. The number of thiophene rings is 1. The summed E-state index contributed by atoms with van der Waals surface area (Å²) in [4.78, 5) is 26.0. The van der Waals surface area contributed by atoms with E-state index in [0.29, 0.717) is 18.6 Å². The van der Waals surface area contributed by atoms with Gasteiger partial charge >= 0.3 is 5.97 Å². The van der Waals surface area contributed by atoms with Crippen LogP contribution in [0, 0.1) is 0 Å². The van der Waals surface area contributed by atoms with Gasteiger partial charge in [-0.25, -0.2) is 4.79 Å². The number of rotatable bonds is 3. The lowest BCUT2D eigenvalue weighted by molar-refractivity contribution is -0.138. The fraction of sp³-hybridized carbons (Fsp3) is 0.412. The molecule has 22 heavy (non-hydrogen) atoms. The van der Waals surface area contributed by atoms with Gasteiger partial charge in [-0.15, -0.1) is 11.3 Å². The number of Topliss-reactive ketones (excluding diaryl/α,β-unsaturated/α-hetero) is 1. The largest absolute Gasteiger partial charge is 0.463 e. The second kappa shape index (κ2) is 6.08. The Balaban J connectivity index is 2.12. The van der Waals surface area contributed by atoms with Crippen molar-refractivity contribution in [3.63, 3.8) is 0 Å². The molecule has 0 amide bonds. The molecule has 1 aromatic rings. The smallest absolute Gasteiger partial charge is 0.336 e. The molecule has 0 fully saturated rings. The number of carbonyl (C=O) groups excluding carboxylic acids is 2. The summed E-state index contributed by atoms with van der Waals surface area (Å²) in [6.07, 6.45) is 2.28. The molecule has 0 saturated carbocycles. The van der Waals surface area contributed by atoms with Gasteiger partial charge < -0.3 is 10.1 Å². The molecule has 4 nitrogen and oxygen atoms in total. The molecule has 0 bridgehead atoms. The predicted molar refractivity (Wildman–Crippen MR) is 85.4 cm³/mol. The Bertz CT molecular complexity index is 670. The van der Waals surface area contributed by atoms with Gasteiger partial charge in [0, 0.05) is 28.3 Å². The van der Waals surface area contributed by atoms with Crippen molar-refractivity contribution in [2.75, 3.05) is 6.61 Å².